The van der Waals surface area contributed by atoms with E-state index in [0.29, 0.717) is 5.13 Å². The summed E-state index contributed by atoms with van der Waals surface area (Å²) in [6, 6.07) is 7.72. The zero-order valence-electron chi connectivity index (χ0n) is 11.0. The number of carboxylic acids is 1. The molecule has 5 nitrogen and oxygen atoms in total. The van der Waals surface area contributed by atoms with Gasteiger partial charge in [0.25, 0.3) is 0 Å². The Morgan fingerprint density at radius 3 is 2.86 bits per heavy atom. The van der Waals surface area contributed by atoms with E-state index >= 15 is 0 Å². The minimum atomic E-state index is -1.14. The minimum Gasteiger partial charge on any atom is -0.550 e. The highest BCUT2D eigenvalue weighted by molar-refractivity contribution is 9.10. The molecule has 1 aromatic carbocycles. The Labute approximate surface area is 134 Å². The summed E-state index contributed by atoms with van der Waals surface area (Å²) in [5.41, 5.74) is 1.74. The third-order valence-corrected chi connectivity index (χ3v) is 3.91. The smallest absolute Gasteiger partial charge is 0.226 e. The van der Waals surface area contributed by atoms with E-state index in [2.05, 4.69) is 26.2 Å². The van der Waals surface area contributed by atoms with Crippen molar-refractivity contribution in [2.24, 2.45) is 0 Å². The lowest BCUT2D eigenvalue weighted by atomic mass is 10.2. The zero-order valence-corrected chi connectivity index (χ0v) is 13.4. The fraction of sp³-hybridized carbons (Fsp3) is 0.214. The normalized spacial score (nSPS) is 10.3. The number of carbonyl (C=O) groups is 2. The number of anilines is 1. The number of carbonyl (C=O) groups excluding carboxylic acids is 2. The number of nitrogens with zero attached hydrogens (tertiary/aromatic N) is 1. The van der Waals surface area contributed by atoms with E-state index in [1.54, 1.807) is 0 Å². The number of thiazole rings is 1. The Balaban J connectivity index is 1.94. The highest BCUT2D eigenvalue weighted by atomic mass is 79.9. The van der Waals surface area contributed by atoms with Crippen LogP contribution < -0.4 is 10.4 Å². The van der Waals surface area contributed by atoms with Gasteiger partial charge in [-0.1, -0.05) is 28.1 Å². The van der Waals surface area contributed by atoms with Gasteiger partial charge in [0.15, 0.2) is 5.13 Å². The van der Waals surface area contributed by atoms with Gasteiger partial charge < -0.3 is 15.2 Å². The summed E-state index contributed by atoms with van der Waals surface area (Å²) in [6.07, 6.45) is 0.284. The van der Waals surface area contributed by atoms with Crippen LogP contribution in [0.1, 0.15) is 19.3 Å². The first-order chi connectivity index (χ1) is 10.0. The molecule has 0 saturated carbocycles. The first-order valence-corrected chi connectivity index (χ1v) is 7.93. The molecule has 21 heavy (non-hydrogen) atoms. The second-order valence-corrected chi connectivity index (χ2v) is 6.10. The third-order valence-electron chi connectivity index (χ3n) is 2.66. The molecule has 0 spiro atoms. The molecule has 7 heteroatoms. The monoisotopic (exact) mass is 367 g/mol. The molecule has 2 aromatic rings. The number of aromatic nitrogens is 1. The molecule has 110 valence electrons. The molecule has 0 atom stereocenters. The molecule has 0 unspecified atom stereocenters. The van der Waals surface area contributed by atoms with Crippen molar-refractivity contribution < 1.29 is 14.7 Å². The van der Waals surface area contributed by atoms with Crippen LogP contribution in [0.15, 0.2) is 34.1 Å². The standard InChI is InChI=1S/C14H13BrN2O3S/c15-10-4-1-3-9(7-10)11-8-21-14(16-11)17-12(18)5-2-6-13(19)20/h1,3-4,7-8H,2,5-6H2,(H,19,20)(H,16,17,18)/p-1. The summed E-state index contributed by atoms with van der Waals surface area (Å²) in [7, 11) is 0. The fourth-order valence-electron chi connectivity index (χ4n) is 1.69. The average Bonchev–Trinajstić information content (AvgIpc) is 2.86. The van der Waals surface area contributed by atoms with E-state index in [1.807, 2.05) is 29.6 Å². The fourth-order valence-corrected chi connectivity index (χ4v) is 2.82. The van der Waals surface area contributed by atoms with Crippen LogP contribution in [-0.2, 0) is 9.59 Å². The van der Waals surface area contributed by atoms with Crippen LogP contribution in [0.3, 0.4) is 0 Å². The van der Waals surface area contributed by atoms with E-state index < -0.39 is 5.97 Å². The molecule has 1 heterocycles. The molecule has 0 fully saturated rings. The van der Waals surface area contributed by atoms with Crippen LogP contribution in [0.25, 0.3) is 11.3 Å². The molecule has 2 rings (SSSR count). The van der Waals surface area contributed by atoms with Gasteiger partial charge in [-0.15, -0.1) is 11.3 Å². The maximum atomic E-state index is 11.6. The molecule has 0 saturated heterocycles. The predicted octanol–water partition coefficient (Wildman–Crippen LogP) is 2.43. The average molecular weight is 368 g/mol. The molecule has 0 aliphatic heterocycles. The maximum absolute atomic E-state index is 11.6. The van der Waals surface area contributed by atoms with Gasteiger partial charge in [-0.25, -0.2) is 4.98 Å². The lowest BCUT2D eigenvalue weighted by Gasteiger charge is -2.02. The van der Waals surface area contributed by atoms with E-state index in [9.17, 15) is 14.7 Å². The number of benzene rings is 1. The summed E-state index contributed by atoms with van der Waals surface area (Å²) >= 11 is 4.73. The van der Waals surface area contributed by atoms with E-state index in [4.69, 9.17) is 0 Å². The van der Waals surface area contributed by atoms with Crippen molar-refractivity contribution in [3.05, 3.63) is 34.1 Å². The Bertz CT molecular complexity index is 657. The van der Waals surface area contributed by atoms with Gasteiger partial charge in [-0.3, -0.25) is 4.79 Å². The van der Waals surface area contributed by atoms with Crippen molar-refractivity contribution in [1.82, 2.24) is 4.98 Å². The first-order valence-electron chi connectivity index (χ1n) is 6.26. The summed E-state index contributed by atoms with van der Waals surface area (Å²) < 4.78 is 0.959. The van der Waals surface area contributed by atoms with Crippen molar-refractivity contribution in [2.45, 2.75) is 19.3 Å². The number of carboxylic acid groups (broad SMARTS) is 1. The number of aliphatic carboxylic acids is 1. The molecule has 1 aromatic heterocycles. The number of halogens is 1. The first kappa shape index (κ1) is 15.7. The molecule has 0 bridgehead atoms. The Kier molecular flexibility index (Phi) is 5.46. The van der Waals surface area contributed by atoms with Crippen molar-refractivity contribution >= 4 is 44.3 Å². The summed E-state index contributed by atoms with van der Waals surface area (Å²) in [5, 5.41) is 15.3. The topological polar surface area (TPSA) is 82.1 Å². The molecule has 0 aliphatic rings. The van der Waals surface area contributed by atoms with Gasteiger partial charge in [0, 0.05) is 27.8 Å². The molecule has 1 N–H and O–H groups in total. The highest BCUT2D eigenvalue weighted by Gasteiger charge is 2.08. The summed E-state index contributed by atoms with van der Waals surface area (Å²) in [5.74, 6) is -1.39. The van der Waals surface area contributed by atoms with Crippen LogP contribution in [-0.4, -0.2) is 16.9 Å². The number of hydrogen-bond donors (Lipinski definition) is 1. The Hall–Kier alpha value is -1.73. The van der Waals surface area contributed by atoms with Crippen molar-refractivity contribution in [2.75, 3.05) is 5.32 Å². The summed E-state index contributed by atoms with van der Waals surface area (Å²) in [4.78, 5) is 26.2. The quantitative estimate of drug-likeness (QED) is 0.849. The van der Waals surface area contributed by atoms with E-state index in [-0.39, 0.29) is 25.2 Å². The Morgan fingerprint density at radius 1 is 1.33 bits per heavy atom. The number of hydrogen-bond acceptors (Lipinski definition) is 5. The highest BCUT2D eigenvalue weighted by Crippen LogP contribution is 2.26. The second-order valence-electron chi connectivity index (χ2n) is 4.32. The summed E-state index contributed by atoms with van der Waals surface area (Å²) in [6.45, 7) is 0. The zero-order chi connectivity index (χ0) is 15.2. The van der Waals surface area contributed by atoms with Crippen LogP contribution >= 0.6 is 27.3 Å². The van der Waals surface area contributed by atoms with Crippen LogP contribution in [0.4, 0.5) is 5.13 Å². The Morgan fingerprint density at radius 2 is 2.14 bits per heavy atom. The SMILES string of the molecule is O=C([O-])CCCC(=O)Nc1nc(-c2cccc(Br)c2)cs1. The van der Waals surface area contributed by atoms with Crippen molar-refractivity contribution in [3.63, 3.8) is 0 Å². The van der Waals surface area contributed by atoms with Gasteiger partial charge >= 0.3 is 0 Å². The third kappa shape index (κ3) is 4.95. The second kappa shape index (κ2) is 7.33. The lowest BCUT2D eigenvalue weighted by Crippen LogP contribution is -2.22. The van der Waals surface area contributed by atoms with Crippen LogP contribution in [0.5, 0.6) is 0 Å². The minimum absolute atomic E-state index is 0.116. The largest absolute Gasteiger partial charge is 0.550 e. The lowest BCUT2D eigenvalue weighted by molar-refractivity contribution is -0.305. The van der Waals surface area contributed by atoms with Gasteiger partial charge in [0.2, 0.25) is 5.91 Å². The van der Waals surface area contributed by atoms with Gasteiger partial charge in [0.05, 0.1) is 5.69 Å². The number of nitrogens with one attached hydrogen (secondary N) is 1. The molecular formula is C14H12BrN2O3S-. The van der Waals surface area contributed by atoms with Gasteiger partial charge in [-0.05, 0) is 25.0 Å². The number of amides is 1. The van der Waals surface area contributed by atoms with Crippen molar-refractivity contribution in [3.8, 4) is 11.3 Å². The maximum Gasteiger partial charge on any atom is 0.226 e. The predicted molar refractivity (Wildman–Crippen MR) is 82.7 cm³/mol. The van der Waals surface area contributed by atoms with Gasteiger partial charge in [-0.2, -0.15) is 0 Å². The van der Waals surface area contributed by atoms with Crippen LogP contribution in [0.2, 0.25) is 0 Å². The van der Waals surface area contributed by atoms with Gasteiger partial charge in [0.1, 0.15) is 0 Å². The van der Waals surface area contributed by atoms with Crippen LogP contribution in [0, 0.1) is 0 Å². The molecule has 1 amide bonds. The molecule has 0 radical (unpaired) electrons. The van der Waals surface area contributed by atoms with E-state index in [1.165, 1.54) is 11.3 Å². The molecule has 0 aliphatic carbocycles. The van der Waals surface area contributed by atoms with E-state index in [0.717, 1.165) is 15.7 Å². The molecular weight excluding hydrogens is 356 g/mol. The van der Waals surface area contributed by atoms with Crippen molar-refractivity contribution in [1.29, 1.82) is 0 Å². The number of rotatable bonds is 6.